The second-order valence-electron chi connectivity index (χ2n) is 8.31. The minimum Gasteiger partial charge on any atom is -0.444 e. The van der Waals surface area contributed by atoms with Crippen molar-refractivity contribution < 1.29 is 19.0 Å². The van der Waals surface area contributed by atoms with Crippen LogP contribution in [0.5, 0.6) is 0 Å². The summed E-state index contributed by atoms with van der Waals surface area (Å²) in [5, 5.41) is 0.833. The Kier molecular flexibility index (Phi) is 9.84. The van der Waals surface area contributed by atoms with Crippen molar-refractivity contribution in [3.05, 3.63) is 0 Å². The van der Waals surface area contributed by atoms with Crippen molar-refractivity contribution in [2.45, 2.75) is 78.1 Å². The van der Waals surface area contributed by atoms with Crippen LogP contribution in [0.1, 0.15) is 61.3 Å². The van der Waals surface area contributed by atoms with Gasteiger partial charge in [-0.05, 0) is 61.3 Å². The summed E-state index contributed by atoms with van der Waals surface area (Å²) in [6.07, 6.45) is 1.26. The quantitative estimate of drug-likeness (QED) is 0.493. The maximum Gasteiger partial charge on any atom is 0.410 e. The van der Waals surface area contributed by atoms with Crippen LogP contribution < -0.4 is 0 Å². The van der Waals surface area contributed by atoms with E-state index in [1.54, 1.807) is 11.9 Å². The molecular weight excluding hydrogens is 374 g/mol. The van der Waals surface area contributed by atoms with E-state index in [9.17, 15) is 4.79 Å². The van der Waals surface area contributed by atoms with Gasteiger partial charge in [0, 0.05) is 18.9 Å². The monoisotopic (exact) mass is 409 g/mol. The molecule has 0 aromatic carbocycles. The van der Waals surface area contributed by atoms with Crippen molar-refractivity contribution in [2.75, 3.05) is 32.1 Å². The van der Waals surface area contributed by atoms with Gasteiger partial charge in [0.1, 0.15) is 5.60 Å². The van der Waals surface area contributed by atoms with Crippen LogP contribution in [-0.4, -0.2) is 59.9 Å². The van der Waals surface area contributed by atoms with Crippen LogP contribution in [0.2, 0.25) is 0 Å². The summed E-state index contributed by atoms with van der Waals surface area (Å²) in [7, 11) is 1.75. The summed E-state index contributed by atoms with van der Waals surface area (Å²) in [5.41, 5.74) is -0.975. The van der Waals surface area contributed by atoms with Gasteiger partial charge in [-0.25, -0.2) is 4.79 Å². The summed E-state index contributed by atoms with van der Waals surface area (Å²) in [5.74, 6) is 0. The molecule has 0 saturated heterocycles. The minimum absolute atomic E-state index is 0.197. The molecule has 0 rings (SSSR count). The molecule has 0 aliphatic rings. The second-order valence-corrected chi connectivity index (χ2v) is 9.10. The van der Waals surface area contributed by atoms with Crippen molar-refractivity contribution in [3.63, 3.8) is 0 Å². The van der Waals surface area contributed by atoms with Gasteiger partial charge in [0.05, 0.1) is 24.4 Å². The molecule has 0 aromatic rings. The zero-order chi connectivity index (χ0) is 19.0. The van der Waals surface area contributed by atoms with Gasteiger partial charge in [-0.2, -0.15) is 0 Å². The first-order chi connectivity index (χ1) is 10.8. The van der Waals surface area contributed by atoms with Gasteiger partial charge in [-0.15, -0.1) is 0 Å². The molecule has 0 aliphatic carbocycles. The third-order valence-electron chi connectivity index (χ3n) is 3.52. The molecule has 0 unspecified atom stereocenters. The van der Waals surface area contributed by atoms with E-state index in [-0.39, 0.29) is 17.3 Å². The fourth-order valence-electron chi connectivity index (χ4n) is 1.90. The summed E-state index contributed by atoms with van der Waals surface area (Å²) >= 11 is 3.37. The minimum atomic E-state index is -0.474. The highest BCUT2D eigenvalue weighted by molar-refractivity contribution is 9.09. The van der Waals surface area contributed by atoms with Crippen molar-refractivity contribution in [3.8, 4) is 0 Å². The van der Waals surface area contributed by atoms with Crippen LogP contribution in [0, 0.1) is 0 Å². The summed E-state index contributed by atoms with van der Waals surface area (Å²) in [6.45, 7) is 15.7. The van der Waals surface area contributed by atoms with Crippen LogP contribution in [0.3, 0.4) is 0 Å². The number of carbonyl (C=O) groups excluding carboxylic acids is 1. The highest BCUT2D eigenvalue weighted by Crippen LogP contribution is 2.20. The number of carbonyl (C=O) groups is 1. The lowest BCUT2D eigenvalue weighted by Crippen LogP contribution is -2.38. The van der Waals surface area contributed by atoms with Crippen LogP contribution in [-0.2, 0) is 14.2 Å². The average Bonchev–Trinajstić information content (AvgIpc) is 2.40. The number of halogens is 1. The number of alkyl halides is 1. The number of amides is 1. The molecule has 0 spiro atoms. The molecule has 0 fully saturated rings. The number of rotatable bonds is 10. The first-order valence-corrected chi connectivity index (χ1v) is 9.68. The Morgan fingerprint density at radius 2 is 1.42 bits per heavy atom. The van der Waals surface area contributed by atoms with Crippen LogP contribution in [0.25, 0.3) is 0 Å². The zero-order valence-corrected chi connectivity index (χ0v) is 18.3. The van der Waals surface area contributed by atoms with Gasteiger partial charge in [0.15, 0.2) is 0 Å². The molecule has 0 bridgehead atoms. The van der Waals surface area contributed by atoms with Crippen LogP contribution in [0.4, 0.5) is 4.79 Å². The predicted molar refractivity (Wildman–Crippen MR) is 102 cm³/mol. The van der Waals surface area contributed by atoms with E-state index in [0.717, 1.165) is 18.2 Å². The molecule has 0 aliphatic heterocycles. The molecule has 0 atom stereocenters. The second kappa shape index (κ2) is 9.97. The van der Waals surface area contributed by atoms with Gasteiger partial charge in [0.25, 0.3) is 0 Å². The Labute approximate surface area is 156 Å². The Morgan fingerprint density at radius 3 is 1.92 bits per heavy atom. The first kappa shape index (κ1) is 23.7. The third-order valence-corrected chi connectivity index (χ3v) is 3.85. The normalized spacial score (nSPS) is 13.0. The van der Waals surface area contributed by atoms with Crippen molar-refractivity contribution in [2.24, 2.45) is 0 Å². The number of nitrogens with zero attached hydrogens (tertiary/aromatic N) is 1. The Bertz CT molecular complexity index is 378. The maximum atomic E-state index is 12.0. The van der Waals surface area contributed by atoms with E-state index in [1.165, 1.54) is 0 Å². The Balaban J connectivity index is 4.19. The highest BCUT2D eigenvalue weighted by Gasteiger charge is 2.25. The van der Waals surface area contributed by atoms with Crippen LogP contribution >= 0.6 is 15.9 Å². The van der Waals surface area contributed by atoms with Gasteiger partial charge >= 0.3 is 6.09 Å². The van der Waals surface area contributed by atoms with E-state index in [1.807, 2.05) is 34.6 Å². The van der Waals surface area contributed by atoms with Crippen LogP contribution in [0.15, 0.2) is 0 Å². The average molecular weight is 410 g/mol. The molecule has 0 radical (unpaired) electrons. The van der Waals surface area contributed by atoms with Crippen molar-refractivity contribution in [1.82, 2.24) is 4.90 Å². The number of hydrogen-bond donors (Lipinski definition) is 0. The fraction of sp³-hybridized carbons (Fsp3) is 0.944. The molecule has 0 N–H and O–H groups in total. The highest BCUT2D eigenvalue weighted by atomic mass is 79.9. The number of hydrogen-bond acceptors (Lipinski definition) is 4. The van der Waals surface area contributed by atoms with E-state index in [0.29, 0.717) is 19.8 Å². The lowest BCUT2D eigenvalue weighted by molar-refractivity contribution is -0.0724. The SMILES string of the molecule is CN(CCC(C)(C)OCCC(C)(C)OCCBr)C(=O)OC(C)(C)C. The molecule has 0 saturated carbocycles. The molecule has 24 heavy (non-hydrogen) atoms. The van der Waals surface area contributed by atoms with E-state index >= 15 is 0 Å². The fourth-order valence-corrected chi connectivity index (χ4v) is 2.06. The van der Waals surface area contributed by atoms with Gasteiger partial charge < -0.3 is 19.1 Å². The van der Waals surface area contributed by atoms with Gasteiger partial charge in [-0.1, -0.05) is 15.9 Å². The van der Waals surface area contributed by atoms with E-state index in [4.69, 9.17) is 14.2 Å². The lowest BCUT2D eigenvalue weighted by atomic mass is 10.0. The van der Waals surface area contributed by atoms with E-state index in [2.05, 4.69) is 29.8 Å². The largest absolute Gasteiger partial charge is 0.444 e. The smallest absolute Gasteiger partial charge is 0.410 e. The predicted octanol–water partition coefficient (Wildman–Crippen LogP) is 4.62. The molecular formula is C18H36BrNO4. The Morgan fingerprint density at radius 1 is 0.917 bits per heavy atom. The molecule has 0 heterocycles. The molecule has 0 aromatic heterocycles. The van der Waals surface area contributed by atoms with Gasteiger partial charge in [-0.3, -0.25) is 0 Å². The lowest BCUT2D eigenvalue weighted by Gasteiger charge is -2.31. The Hall–Kier alpha value is -0.330. The topological polar surface area (TPSA) is 48.0 Å². The number of ether oxygens (including phenoxy) is 3. The zero-order valence-electron chi connectivity index (χ0n) is 16.7. The van der Waals surface area contributed by atoms with Crippen molar-refractivity contribution >= 4 is 22.0 Å². The summed E-state index contributed by atoms with van der Waals surface area (Å²) in [6, 6.07) is 0. The molecule has 144 valence electrons. The maximum absolute atomic E-state index is 12.0. The third kappa shape index (κ3) is 12.1. The molecule has 6 heteroatoms. The standard InChI is InChI=1S/C18H36BrNO4/c1-16(2,3)24-15(21)20(8)12-9-17(4,5)22-13-10-18(6,7)23-14-11-19/h9-14H2,1-8H3. The summed E-state index contributed by atoms with van der Waals surface area (Å²) < 4.78 is 17.1. The van der Waals surface area contributed by atoms with Crippen molar-refractivity contribution in [1.29, 1.82) is 0 Å². The van der Waals surface area contributed by atoms with E-state index < -0.39 is 5.60 Å². The molecule has 5 nitrogen and oxygen atoms in total. The summed E-state index contributed by atoms with van der Waals surface area (Å²) in [4.78, 5) is 13.6. The van der Waals surface area contributed by atoms with Gasteiger partial charge in [0.2, 0.25) is 0 Å². The molecule has 1 amide bonds. The first-order valence-electron chi connectivity index (χ1n) is 8.56.